The molecule has 0 aliphatic rings. The molecule has 1 amide bonds. The standard InChI is InChI=1S/C31H26ClN3O4/c1-2-6-26(18-7-4-3-5-8-18)35-30(37)19-9-12-22(25(15-19)31(38)39)24-16-20(32)10-13-23(24)29-33-27-14-11-21(36)17-28(27)34-29/h3-5,7-17,26,36H,2,6H2,1H3,(H,33,34)(H,35,37)(H,38,39). The lowest BCUT2D eigenvalue weighted by Gasteiger charge is -2.19. The summed E-state index contributed by atoms with van der Waals surface area (Å²) in [6, 6.07) is 24.1. The zero-order valence-corrected chi connectivity index (χ0v) is 21.9. The van der Waals surface area contributed by atoms with Gasteiger partial charge in [-0.25, -0.2) is 9.78 Å². The van der Waals surface area contributed by atoms with Gasteiger partial charge < -0.3 is 20.5 Å². The van der Waals surface area contributed by atoms with Crippen molar-refractivity contribution < 1.29 is 19.8 Å². The minimum Gasteiger partial charge on any atom is -0.508 e. The van der Waals surface area contributed by atoms with Crippen LogP contribution in [0.2, 0.25) is 5.02 Å². The summed E-state index contributed by atoms with van der Waals surface area (Å²) in [6.07, 6.45) is 1.62. The van der Waals surface area contributed by atoms with Gasteiger partial charge in [-0.2, -0.15) is 0 Å². The van der Waals surface area contributed by atoms with E-state index in [0.717, 1.165) is 18.4 Å². The van der Waals surface area contributed by atoms with Crippen LogP contribution < -0.4 is 5.32 Å². The molecule has 4 N–H and O–H groups in total. The van der Waals surface area contributed by atoms with E-state index in [4.69, 9.17) is 11.6 Å². The molecule has 0 bridgehead atoms. The van der Waals surface area contributed by atoms with E-state index in [1.165, 1.54) is 6.07 Å². The number of aromatic nitrogens is 2. The Morgan fingerprint density at radius 2 is 1.72 bits per heavy atom. The number of aromatic carboxylic acids is 1. The highest BCUT2D eigenvalue weighted by atomic mass is 35.5. The van der Waals surface area contributed by atoms with Gasteiger partial charge in [0.15, 0.2) is 0 Å². The van der Waals surface area contributed by atoms with Crippen molar-refractivity contribution in [2.75, 3.05) is 0 Å². The summed E-state index contributed by atoms with van der Waals surface area (Å²) in [6.45, 7) is 2.05. The third-order valence-electron chi connectivity index (χ3n) is 6.59. The van der Waals surface area contributed by atoms with Gasteiger partial charge in [-0.3, -0.25) is 4.79 Å². The molecule has 39 heavy (non-hydrogen) atoms. The van der Waals surface area contributed by atoms with Gasteiger partial charge in [-0.15, -0.1) is 0 Å². The number of carbonyl (C=O) groups is 2. The maximum Gasteiger partial charge on any atom is 0.336 e. The summed E-state index contributed by atoms with van der Waals surface area (Å²) in [5.74, 6) is -0.932. The molecule has 8 heteroatoms. The first-order chi connectivity index (χ1) is 18.8. The molecule has 5 aromatic rings. The molecule has 1 aromatic heterocycles. The molecule has 0 saturated heterocycles. The SMILES string of the molecule is CCCC(NC(=O)c1ccc(-c2cc(Cl)ccc2-c2nc3ccc(O)cc3[nH]2)c(C(=O)O)c1)c1ccccc1. The first kappa shape index (κ1) is 26.0. The molecule has 0 aliphatic heterocycles. The minimum absolute atomic E-state index is 0.0355. The lowest BCUT2D eigenvalue weighted by atomic mass is 9.93. The predicted molar refractivity (Wildman–Crippen MR) is 152 cm³/mol. The number of hydrogen-bond donors (Lipinski definition) is 4. The number of carbonyl (C=O) groups excluding carboxylic acids is 1. The molecule has 0 aliphatic carbocycles. The van der Waals surface area contributed by atoms with Crippen molar-refractivity contribution in [3.63, 3.8) is 0 Å². The van der Waals surface area contributed by atoms with Crippen molar-refractivity contribution in [2.24, 2.45) is 0 Å². The van der Waals surface area contributed by atoms with Crippen LogP contribution in [0.1, 0.15) is 52.1 Å². The number of amides is 1. The van der Waals surface area contributed by atoms with E-state index < -0.39 is 5.97 Å². The van der Waals surface area contributed by atoms with E-state index >= 15 is 0 Å². The number of nitrogens with zero attached hydrogens (tertiary/aromatic N) is 1. The molecule has 0 saturated carbocycles. The number of halogens is 1. The van der Waals surface area contributed by atoms with E-state index in [2.05, 4.69) is 15.3 Å². The molecule has 1 unspecified atom stereocenters. The van der Waals surface area contributed by atoms with Crippen LogP contribution in [0.15, 0.2) is 84.9 Å². The number of aromatic hydroxyl groups is 1. The Bertz CT molecular complexity index is 1680. The molecule has 1 atom stereocenters. The Hall–Kier alpha value is -4.62. The zero-order valence-electron chi connectivity index (χ0n) is 21.1. The number of carboxylic acids is 1. The van der Waals surface area contributed by atoms with E-state index in [1.807, 2.05) is 37.3 Å². The molecule has 7 nitrogen and oxygen atoms in total. The lowest BCUT2D eigenvalue weighted by Crippen LogP contribution is -2.28. The fourth-order valence-electron chi connectivity index (χ4n) is 4.71. The molecule has 196 valence electrons. The van der Waals surface area contributed by atoms with Crippen LogP contribution in [0.25, 0.3) is 33.5 Å². The van der Waals surface area contributed by atoms with Crippen molar-refractivity contribution in [1.29, 1.82) is 0 Å². The van der Waals surface area contributed by atoms with Gasteiger partial charge in [-0.05, 0) is 65.6 Å². The number of carboxylic acid groups (broad SMARTS) is 1. The summed E-state index contributed by atoms with van der Waals surface area (Å²) in [5, 5.41) is 23.4. The minimum atomic E-state index is -1.17. The zero-order chi connectivity index (χ0) is 27.5. The molecule has 1 heterocycles. The topological polar surface area (TPSA) is 115 Å². The van der Waals surface area contributed by atoms with Gasteiger partial charge in [-0.1, -0.05) is 61.3 Å². The maximum atomic E-state index is 13.2. The normalized spacial score (nSPS) is 11.8. The highest BCUT2D eigenvalue weighted by molar-refractivity contribution is 6.31. The Kier molecular flexibility index (Phi) is 7.34. The molecule has 0 radical (unpaired) electrons. The van der Waals surface area contributed by atoms with Crippen LogP contribution in [0, 0.1) is 0 Å². The van der Waals surface area contributed by atoms with E-state index in [1.54, 1.807) is 48.5 Å². The van der Waals surface area contributed by atoms with Crippen molar-refractivity contribution in [3.8, 4) is 28.3 Å². The van der Waals surface area contributed by atoms with Gasteiger partial charge in [0.1, 0.15) is 11.6 Å². The number of hydrogen-bond acceptors (Lipinski definition) is 4. The number of imidazole rings is 1. The maximum absolute atomic E-state index is 13.2. The highest BCUT2D eigenvalue weighted by Crippen LogP contribution is 2.36. The van der Waals surface area contributed by atoms with Crippen molar-refractivity contribution in [3.05, 3.63) is 107 Å². The molecule has 0 fully saturated rings. The number of rotatable bonds is 8. The average Bonchev–Trinajstić information content (AvgIpc) is 3.35. The molecular weight excluding hydrogens is 514 g/mol. The Morgan fingerprint density at radius 1 is 0.949 bits per heavy atom. The monoisotopic (exact) mass is 539 g/mol. The van der Waals surface area contributed by atoms with E-state index in [9.17, 15) is 19.8 Å². The van der Waals surface area contributed by atoms with E-state index in [0.29, 0.717) is 38.6 Å². The summed E-state index contributed by atoms with van der Waals surface area (Å²) < 4.78 is 0. The Morgan fingerprint density at radius 3 is 2.46 bits per heavy atom. The van der Waals surface area contributed by atoms with Crippen molar-refractivity contribution in [2.45, 2.75) is 25.8 Å². The average molecular weight is 540 g/mol. The fourth-order valence-corrected chi connectivity index (χ4v) is 4.88. The second-order valence-electron chi connectivity index (χ2n) is 9.27. The Labute approximate surface area is 230 Å². The first-order valence-electron chi connectivity index (χ1n) is 12.6. The largest absolute Gasteiger partial charge is 0.508 e. The summed E-state index contributed by atoms with van der Waals surface area (Å²) in [4.78, 5) is 33.4. The second-order valence-corrected chi connectivity index (χ2v) is 9.70. The molecule has 4 aromatic carbocycles. The van der Waals surface area contributed by atoms with Crippen LogP contribution in [-0.4, -0.2) is 32.1 Å². The van der Waals surface area contributed by atoms with Crippen LogP contribution >= 0.6 is 11.6 Å². The molecule has 5 rings (SSSR count). The summed E-state index contributed by atoms with van der Waals surface area (Å²) in [5.41, 5.74) is 4.05. The Balaban J connectivity index is 1.54. The van der Waals surface area contributed by atoms with Crippen LogP contribution in [0.4, 0.5) is 0 Å². The quantitative estimate of drug-likeness (QED) is 0.166. The smallest absolute Gasteiger partial charge is 0.336 e. The summed E-state index contributed by atoms with van der Waals surface area (Å²) in [7, 11) is 0. The van der Waals surface area contributed by atoms with Gasteiger partial charge in [0.2, 0.25) is 0 Å². The number of benzene rings is 4. The van der Waals surface area contributed by atoms with Gasteiger partial charge in [0, 0.05) is 22.2 Å². The fraction of sp³-hybridized carbons (Fsp3) is 0.129. The number of H-pyrrole nitrogens is 1. The summed E-state index contributed by atoms with van der Waals surface area (Å²) >= 11 is 6.34. The van der Waals surface area contributed by atoms with E-state index in [-0.39, 0.29) is 28.8 Å². The third-order valence-corrected chi connectivity index (χ3v) is 6.82. The van der Waals surface area contributed by atoms with Gasteiger partial charge >= 0.3 is 5.97 Å². The number of aromatic amines is 1. The van der Waals surface area contributed by atoms with Crippen molar-refractivity contribution >= 4 is 34.5 Å². The number of nitrogens with one attached hydrogen (secondary N) is 2. The van der Waals surface area contributed by atoms with Crippen LogP contribution in [0.3, 0.4) is 0 Å². The predicted octanol–water partition coefficient (Wildman–Crippen LogP) is 7.23. The number of fused-ring (bicyclic) bond motifs is 1. The molecular formula is C31H26ClN3O4. The third kappa shape index (κ3) is 5.49. The lowest BCUT2D eigenvalue weighted by molar-refractivity contribution is 0.0697. The van der Waals surface area contributed by atoms with Crippen LogP contribution in [-0.2, 0) is 0 Å². The number of phenols is 1. The first-order valence-corrected chi connectivity index (χ1v) is 12.9. The van der Waals surface area contributed by atoms with Crippen molar-refractivity contribution in [1.82, 2.24) is 15.3 Å². The van der Waals surface area contributed by atoms with Crippen LogP contribution in [0.5, 0.6) is 5.75 Å². The molecule has 0 spiro atoms. The number of phenolic OH excluding ortho intramolecular Hbond substituents is 1. The van der Waals surface area contributed by atoms with Gasteiger partial charge in [0.25, 0.3) is 5.91 Å². The van der Waals surface area contributed by atoms with Gasteiger partial charge in [0.05, 0.1) is 22.6 Å². The highest BCUT2D eigenvalue weighted by Gasteiger charge is 2.21. The second kappa shape index (κ2) is 11.0.